The Morgan fingerprint density at radius 3 is 2.72 bits per heavy atom. The number of hydrogen-bond acceptors (Lipinski definition) is 7. The second-order valence-electron chi connectivity index (χ2n) is 7.50. The van der Waals surface area contributed by atoms with Gasteiger partial charge in [0.25, 0.3) is 0 Å². The Morgan fingerprint density at radius 2 is 1.97 bits per heavy atom. The van der Waals surface area contributed by atoms with Crippen molar-refractivity contribution in [3.8, 4) is 11.5 Å². The molecule has 0 bridgehead atoms. The molecule has 0 fully saturated rings. The van der Waals surface area contributed by atoms with Crippen LogP contribution in [0, 0.1) is 6.92 Å². The van der Waals surface area contributed by atoms with Crippen molar-refractivity contribution in [1.29, 1.82) is 0 Å². The average Bonchev–Trinajstić information content (AvgIpc) is 3.25. The van der Waals surface area contributed by atoms with Crippen LogP contribution in [-0.4, -0.2) is 34.5 Å². The van der Waals surface area contributed by atoms with E-state index in [-0.39, 0.29) is 0 Å². The number of methoxy groups -OCH3 is 1. The number of benzene rings is 2. The molecule has 1 N–H and O–H groups in total. The number of rotatable bonds is 7. The van der Waals surface area contributed by atoms with Crippen LogP contribution >= 0.6 is 0 Å². The lowest BCUT2D eigenvalue weighted by Crippen LogP contribution is -2.29. The first-order valence-corrected chi connectivity index (χ1v) is 10.4. The van der Waals surface area contributed by atoms with Crippen LogP contribution in [0.3, 0.4) is 0 Å². The second kappa shape index (κ2) is 9.13. The van der Waals surface area contributed by atoms with Crippen molar-refractivity contribution in [2.24, 2.45) is 0 Å². The van der Waals surface area contributed by atoms with E-state index in [0.29, 0.717) is 41.9 Å². The van der Waals surface area contributed by atoms with Crippen LogP contribution < -0.4 is 14.8 Å². The van der Waals surface area contributed by atoms with E-state index in [1.807, 2.05) is 44.2 Å². The normalized spacial score (nSPS) is 15.1. The maximum absolute atomic E-state index is 12.6. The van der Waals surface area contributed by atoms with Crippen molar-refractivity contribution in [2.75, 3.05) is 19.0 Å². The van der Waals surface area contributed by atoms with Gasteiger partial charge in [-0.25, -0.2) is 9.48 Å². The van der Waals surface area contributed by atoms with Crippen LogP contribution in [0.1, 0.15) is 36.6 Å². The molecule has 2 heterocycles. The predicted molar refractivity (Wildman–Crippen MR) is 120 cm³/mol. The minimum absolute atomic E-state index is 0.425. The number of hydrogen-bond donors (Lipinski definition) is 1. The zero-order valence-electron chi connectivity index (χ0n) is 18.6. The molecule has 0 aliphatic carbocycles. The number of aromatic nitrogens is 3. The third-order valence-electron chi connectivity index (χ3n) is 5.26. The monoisotopic (exact) mass is 434 g/mol. The highest BCUT2D eigenvalue weighted by Crippen LogP contribution is 2.39. The maximum Gasteiger partial charge on any atom is 0.338 e. The third-order valence-corrected chi connectivity index (χ3v) is 5.26. The molecule has 0 spiro atoms. The van der Waals surface area contributed by atoms with Gasteiger partial charge in [-0.15, -0.1) is 0 Å². The fourth-order valence-corrected chi connectivity index (χ4v) is 3.82. The van der Waals surface area contributed by atoms with E-state index < -0.39 is 12.0 Å². The highest BCUT2D eigenvalue weighted by Gasteiger charge is 2.34. The summed E-state index contributed by atoms with van der Waals surface area (Å²) in [5.41, 5.74) is 4.19. The Hall–Kier alpha value is -3.81. The van der Waals surface area contributed by atoms with E-state index in [2.05, 4.69) is 34.5 Å². The number of anilines is 1. The number of carbonyl (C=O) groups excluding carboxylic acids is 1. The van der Waals surface area contributed by atoms with E-state index >= 15 is 0 Å². The third kappa shape index (κ3) is 4.16. The lowest BCUT2D eigenvalue weighted by molar-refractivity contribution is -0.136. The van der Waals surface area contributed by atoms with Crippen LogP contribution in [0.15, 0.2) is 60.1 Å². The zero-order valence-corrected chi connectivity index (χ0v) is 18.6. The lowest BCUT2D eigenvalue weighted by Gasteiger charge is -2.28. The zero-order chi connectivity index (χ0) is 22.7. The van der Waals surface area contributed by atoms with Gasteiger partial charge in [-0.1, -0.05) is 35.9 Å². The molecule has 8 nitrogen and oxygen atoms in total. The Kier molecular flexibility index (Phi) is 6.11. The summed E-state index contributed by atoms with van der Waals surface area (Å²) in [6.07, 6.45) is 1.45. The van der Waals surface area contributed by atoms with Gasteiger partial charge in [0, 0.05) is 5.70 Å². The Morgan fingerprint density at radius 1 is 1.12 bits per heavy atom. The summed E-state index contributed by atoms with van der Waals surface area (Å²) in [4.78, 5) is 16.9. The molecule has 0 saturated carbocycles. The van der Waals surface area contributed by atoms with E-state index in [1.54, 1.807) is 4.68 Å². The molecule has 1 aliphatic rings. The van der Waals surface area contributed by atoms with Gasteiger partial charge < -0.3 is 19.5 Å². The van der Waals surface area contributed by atoms with E-state index in [9.17, 15) is 4.79 Å². The summed E-state index contributed by atoms with van der Waals surface area (Å²) in [6, 6.07) is 13.3. The molecule has 1 aliphatic heterocycles. The van der Waals surface area contributed by atoms with Gasteiger partial charge in [0.05, 0.1) is 19.3 Å². The molecule has 1 atom stereocenters. The standard InChI is InChI=1S/C24H26N4O4/c1-5-31-20-12-18(9-10-19(20)32-13-17-8-6-7-15(2)11-17)22-21(23(29)30-4)16(3)27-24-25-14-26-28(22)24/h6-12,14,22H,5,13H2,1-4H3,(H,25,26,27). The molecule has 32 heavy (non-hydrogen) atoms. The van der Waals surface area contributed by atoms with Gasteiger partial charge in [-0.05, 0) is 44.0 Å². The molecule has 0 saturated heterocycles. The summed E-state index contributed by atoms with van der Waals surface area (Å²) in [7, 11) is 1.37. The van der Waals surface area contributed by atoms with Crippen molar-refractivity contribution in [1.82, 2.24) is 14.8 Å². The van der Waals surface area contributed by atoms with Gasteiger partial charge in [-0.2, -0.15) is 10.1 Å². The molecule has 3 aromatic rings. The summed E-state index contributed by atoms with van der Waals surface area (Å²) < 4.78 is 18.7. The summed E-state index contributed by atoms with van der Waals surface area (Å²) in [5, 5.41) is 7.44. The van der Waals surface area contributed by atoms with Crippen LogP contribution in [-0.2, 0) is 16.1 Å². The quantitative estimate of drug-likeness (QED) is 0.562. The summed E-state index contributed by atoms with van der Waals surface area (Å²) in [5.74, 6) is 1.35. The molecule has 1 aromatic heterocycles. The van der Waals surface area contributed by atoms with Crippen molar-refractivity contribution in [2.45, 2.75) is 33.4 Å². The Balaban J connectivity index is 1.70. The van der Waals surface area contributed by atoms with Crippen LogP contribution in [0.5, 0.6) is 11.5 Å². The van der Waals surface area contributed by atoms with Gasteiger partial charge in [-0.3, -0.25) is 0 Å². The number of nitrogens with zero attached hydrogens (tertiary/aromatic N) is 3. The molecule has 0 radical (unpaired) electrons. The summed E-state index contributed by atoms with van der Waals surface area (Å²) >= 11 is 0. The molecule has 1 unspecified atom stereocenters. The van der Waals surface area contributed by atoms with Gasteiger partial charge in [0.2, 0.25) is 5.95 Å². The number of fused-ring (bicyclic) bond motifs is 1. The largest absolute Gasteiger partial charge is 0.490 e. The summed E-state index contributed by atoms with van der Waals surface area (Å²) in [6.45, 7) is 6.69. The van der Waals surface area contributed by atoms with Crippen molar-refractivity contribution >= 4 is 11.9 Å². The van der Waals surface area contributed by atoms with Crippen molar-refractivity contribution < 1.29 is 19.0 Å². The van der Waals surface area contributed by atoms with Gasteiger partial charge in [0.1, 0.15) is 19.0 Å². The smallest absolute Gasteiger partial charge is 0.338 e. The van der Waals surface area contributed by atoms with Gasteiger partial charge >= 0.3 is 5.97 Å². The highest BCUT2D eigenvalue weighted by atomic mass is 16.5. The first-order chi connectivity index (χ1) is 15.5. The van der Waals surface area contributed by atoms with Crippen LogP contribution in [0.4, 0.5) is 5.95 Å². The number of carbonyl (C=O) groups is 1. The number of nitrogens with one attached hydrogen (secondary N) is 1. The molecule has 166 valence electrons. The minimum Gasteiger partial charge on any atom is -0.490 e. The number of aryl methyl sites for hydroxylation is 1. The van der Waals surface area contributed by atoms with E-state index in [1.165, 1.54) is 19.0 Å². The second-order valence-corrected chi connectivity index (χ2v) is 7.50. The van der Waals surface area contributed by atoms with E-state index in [4.69, 9.17) is 14.2 Å². The maximum atomic E-state index is 12.6. The molecule has 2 aromatic carbocycles. The number of esters is 1. The molecular formula is C24H26N4O4. The molecule has 8 heteroatoms. The number of ether oxygens (including phenoxy) is 3. The van der Waals surface area contributed by atoms with Crippen molar-refractivity contribution in [3.63, 3.8) is 0 Å². The fraction of sp³-hybridized carbons (Fsp3) is 0.292. The highest BCUT2D eigenvalue weighted by molar-refractivity contribution is 5.92. The predicted octanol–water partition coefficient (Wildman–Crippen LogP) is 4.03. The first kappa shape index (κ1) is 21.4. The average molecular weight is 434 g/mol. The minimum atomic E-state index is -0.508. The molecule has 4 rings (SSSR count). The first-order valence-electron chi connectivity index (χ1n) is 10.4. The molecular weight excluding hydrogens is 408 g/mol. The lowest BCUT2D eigenvalue weighted by atomic mass is 9.95. The molecule has 0 amide bonds. The fourth-order valence-electron chi connectivity index (χ4n) is 3.82. The number of allylic oxidation sites excluding steroid dienone is 1. The van der Waals surface area contributed by atoms with Crippen molar-refractivity contribution in [3.05, 3.63) is 76.8 Å². The van der Waals surface area contributed by atoms with Gasteiger partial charge in [0.15, 0.2) is 11.5 Å². The Bertz CT molecular complexity index is 1170. The SMILES string of the molecule is CCOc1cc(C2C(C(=O)OC)=C(C)Nc3ncnn32)ccc1OCc1cccc(C)c1. The van der Waals surface area contributed by atoms with E-state index in [0.717, 1.165) is 11.1 Å². The Labute approximate surface area is 186 Å². The topological polar surface area (TPSA) is 87.5 Å². The van der Waals surface area contributed by atoms with Crippen LogP contribution in [0.2, 0.25) is 0 Å². The van der Waals surface area contributed by atoms with Crippen LogP contribution in [0.25, 0.3) is 0 Å².